The van der Waals surface area contributed by atoms with Crippen LogP contribution in [0.1, 0.15) is 11.1 Å². The predicted octanol–water partition coefficient (Wildman–Crippen LogP) is 2.47. The number of nitrogens with one attached hydrogen (secondary N) is 1. The second kappa shape index (κ2) is 5.39. The maximum atomic E-state index is 7.39. The lowest BCUT2D eigenvalue weighted by atomic mass is 10.2. The Morgan fingerprint density at radius 3 is 2.68 bits per heavy atom. The van der Waals surface area contributed by atoms with Crippen LogP contribution in [0.2, 0.25) is 0 Å². The van der Waals surface area contributed by atoms with Crippen LogP contribution in [-0.4, -0.2) is 17.9 Å². The Bertz CT molecular complexity index is 611. The number of pyridine rings is 1. The largest absolute Gasteiger partial charge is 0.493 e. The van der Waals surface area contributed by atoms with Gasteiger partial charge in [-0.1, -0.05) is 6.07 Å². The Hall–Kier alpha value is -2.56. The van der Waals surface area contributed by atoms with Gasteiger partial charge in [0.05, 0.1) is 7.11 Å². The first-order chi connectivity index (χ1) is 9.10. The highest BCUT2D eigenvalue weighted by Gasteiger charge is 2.07. The summed E-state index contributed by atoms with van der Waals surface area (Å²) in [5, 5.41) is 7.39. The molecule has 0 aliphatic carbocycles. The minimum Gasteiger partial charge on any atom is -0.493 e. The van der Waals surface area contributed by atoms with Crippen LogP contribution in [0.25, 0.3) is 0 Å². The fourth-order valence-electron chi connectivity index (χ4n) is 1.60. The maximum Gasteiger partial charge on any atom is 0.220 e. The van der Waals surface area contributed by atoms with E-state index in [9.17, 15) is 0 Å². The van der Waals surface area contributed by atoms with Crippen LogP contribution in [-0.2, 0) is 0 Å². The molecular weight excluding hydrogens is 242 g/mol. The number of nitrogen functional groups attached to an aromatic ring is 1. The van der Waals surface area contributed by atoms with Crippen molar-refractivity contribution in [2.24, 2.45) is 5.73 Å². The van der Waals surface area contributed by atoms with Crippen molar-refractivity contribution in [2.75, 3.05) is 7.11 Å². The highest BCUT2D eigenvalue weighted by atomic mass is 16.5. The third-order valence-electron chi connectivity index (χ3n) is 2.58. The minimum atomic E-state index is -0.0249. The van der Waals surface area contributed by atoms with Crippen LogP contribution in [0.3, 0.4) is 0 Å². The number of rotatable bonds is 4. The molecule has 98 valence electrons. The van der Waals surface area contributed by atoms with Crippen molar-refractivity contribution in [2.45, 2.75) is 6.92 Å². The molecule has 0 bridgehead atoms. The summed E-state index contributed by atoms with van der Waals surface area (Å²) < 4.78 is 10.9. The molecular formula is C14H15N3O2. The lowest BCUT2D eigenvalue weighted by Gasteiger charge is -2.10. The van der Waals surface area contributed by atoms with E-state index in [0.29, 0.717) is 22.9 Å². The van der Waals surface area contributed by atoms with E-state index in [0.717, 1.165) is 5.56 Å². The summed E-state index contributed by atoms with van der Waals surface area (Å²) in [4.78, 5) is 4.08. The molecule has 5 nitrogen and oxygen atoms in total. The van der Waals surface area contributed by atoms with E-state index in [1.165, 1.54) is 0 Å². The van der Waals surface area contributed by atoms with Crippen molar-refractivity contribution in [1.82, 2.24) is 4.98 Å². The van der Waals surface area contributed by atoms with Crippen LogP contribution >= 0.6 is 0 Å². The number of ether oxygens (including phenoxy) is 2. The molecule has 0 spiro atoms. The van der Waals surface area contributed by atoms with Gasteiger partial charge < -0.3 is 15.2 Å². The van der Waals surface area contributed by atoms with E-state index in [-0.39, 0.29) is 5.84 Å². The van der Waals surface area contributed by atoms with Crippen LogP contribution in [0.4, 0.5) is 0 Å². The Labute approximate surface area is 111 Å². The van der Waals surface area contributed by atoms with Gasteiger partial charge in [-0.25, -0.2) is 4.98 Å². The van der Waals surface area contributed by atoms with Gasteiger partial charge >= 0.3 is 0 Å². The van der Waals surface area contributed by atoms with Gasteiger partial charge in [0.25, 0.3) is 0 Å². The standard InChI is InChI=1S/C14H15N3O2/c1-9-3-4-11(12(7-9)18-2)19-13-8-10(14(15)16)5-6-17-13/h3-8H,1-2H3,(H3,15,16). The van der Waals surface area contributed by atoms with Gasteiger partial charge in [-0.05, 0) is 30.7 Å². The van der Waals surface area contributed by atoms with E-state index in [1.807, 2.05) is 25.1 Å². The molecule has 0 atom stereocenters. The second-order valence-corrected chi connectivity index (χ2v) is 4.05. The summed E-state index contributed by atoms with van der Waals surface area (Å²) in [6, 6.07) is 8.89. The number of amidine groups is 1. The zero-order valence-electron chi connectivity index (χ0n) is 10.8. The van der Waals surface area contributed by atoms with Gasteiger partial charge in [0.15, 0.2) is 11.5 Å². The number of methoxy groups -OCH3 is 1. The molecule has 0 aliphatic heterocycles. The number of nitrogens with zero attached hydrogens (tertiary/aromatic N) is 1. The normalized spacial score (nSPS) is 10.0. The monoisotopic (exact) mass is 257 g/mol. The van der Waals surface area contributed by atoms with Crippen molar-refractivity contribution in [1.29, 1.82) is 5.41 Å². The zero-order valence-corrected chi connectivity index (χ0v) is 10.8. The second-order valence-electron chi connectivity index (χ2n) is 4.05. The molecule has 2 aromatic rings. The molecule has 0 amide bonds. The number of benzene rings is 1. The highest BCUT2D eigenvalue weighted by molar-refractivity contribution is 5.95. The Kier molecular flexibility index (Phi) is 3.66. The molecule has 0 aliphatic rings. The van der Waals surface area contributed by atoms with Crippen LogP contribution < -0.4 is 15.2 Å². The summed E-state index contributed by atoms with van der Waals surface area (Å²) in [5.41, 5.74) is 7.07. The number of hydrogen-bond acceptors (Lipinski definition) is 4. The van der Waals surface area contributed by atoms with E-state index in [4.69, 9.17) is 20.6 Å². The molecule has 1 aromatic carbocycles. The summed E-state index contributed by atoms with van der Waals surface area (Å²) in [6.07, 6.45) is 1.55. The number of hydrogen-bond donors (Lipinski definition) is 2. The zero-order chi connectivity index (χ0) is 13.8. The van der Waals surface area contributed by atoms with Crippen molar-refractivity contribution in [3.05, 3.63) is 47.7 Å². The maximum absolute atomic E-state index is 7.39. The van der Waals surface area contributed by atoms with Gasteiger partial charge in [-0.15, -0.1) is 0 Å². The van der Waals surface area contributed by atoms with Crippen molar-refractivity contribution < 1.29 is 9.47 Å². The summed E-state index contributed by atoms with van der Waals surface area (Å²) >= 11 is 0. The Morgan fingerprint density at radius 2 is 2.00 bits per heavy atom. The minimum absolute atomic E-state index is 0.0249. The van der Waals surface area contributed by atoms with E-state index in [1.54, 1.807) is 25.4 Å². The topological polar surface area (TPSA) is 81.2 Å². The summed E-state index contributed by atoms with van der Waals surface area (Å²) in [5.74, 6) is 1.55. The number of aromatic nitrogens is 1. The van der Waals surface area contributed by atoms with Gasteiger partial charge in [0.2, 0.25) is 5.88 Å². The van der Waals surface area contributed by atoms with E-state index >= 15 is 0 Å². The fraction of sp³-hybridized carbons (Fsp3) is 0.143. The van der Waals surface area contributed by atoms with Crippen molar-refractivity contribution >= 4 is 5.84 Å². The van der Waals surface area contributed by atoms with Gasteiger partial charge in [0, 0.05) is 17.8 Å². The average Bonchev–Trinajstić information content (AvgIpc) is 2.41. The molecule has 2 rings (SSSR count). The molecule has 5 heteroatoms. The van der Waals surface area contributed by atoms with Gasteiger partial charge in [-0.3, -0.25) is 5.41 Å². The molecule has 1 heterocycles. The summed E-state index contributed by atoms with van der Waals surface area (Å²) in [7, 11) is 1.58. The average molecular weight is 257 g/mol. The first-order valence-corrected chi connectivity index (χ1v) is 5.73. The number of nitrogens with two attached hydrogens (primary N) is 1. The number of aryl methyl sites for hydroxylation is 1. The lowest BCUT2D eigenvalue weighted by molar-refractivity contribution is 0.374. The van der Waals surface area contributed by atoms with Crippen molar-refractivity contribution in [3.63, 3.8) is 0 Å². The SMILES string of the molecule is COc1cc(C)ccc1Oc1cc(C(=N)N)ccn1. The van der Waals surface area contributed by atoms with Crippen LogP contribution in [0, 0.1) is 12.3 Å². The molecule has 0 fully saturated rings. The Balaban J connectivity index is 2.30. The van der Waals surface area contributed by atoms with Gasteiger partial charge in [-0.2, -0.15) is 0 Å². The van der Waals surface area contributed by atoms with Crippen LogP contribution in [0.5, 0.6) is 17.4 Å². The van der Waals surface area contributed by atoms with Gasteiger partial charge in [0.1, 0.15) is 5.84 Å². The highest BCUT2D eigenvalue weighted by Crippen LogP contribution is 2.31. The Morgan fingerprint density at radius 1 is 1.21 bits per heavy atom. The fourth-order valence-corrected chi connectivity index (χ4v) is 1.60. The first kappa shape index (κ1) is 12.9. The molecule has 0 unspecified atom stereocenters. The van der Waals surface area contributed by atoms with E-state index in [2.05, 4.69) is 4.98 Å². The van der Waals surface area contributed by atoms with Crippen LogP contribution in [0.15, 0.2) is 36.5 Å². The smallest absolute Gasteiger partial charge is 0.220 e. The molecule has 19 heavy (non-hydrogen) atoms. The predicted molar refractivity (Wildman–Crippen MR) is 73.1 cm³/mol. The molecule has 0 radical (unpaired) electrons. The molecule has 0 saturated carbocycles. The molecule has 3 N–H and O–H groups in total. The molecule has 1 aromatic heterocycles. The molecule has 0 saturated heterocycles. The quantitative estimate of drug-likeness (QED) is 0.651. The van der Waals surface area contributed by atoms with Crippen molar-refractivity contribution in [3.8, 4) is 17.4 Å². The lowest BCUT2D eigenvalue weighted by Crippen LogP contribution is -2.11. The first-order valence-electron chi connectivity index (χ1n) is 5.73. The summed E-state index contributed by atoms with van der Waals surface area (Å²) in [6.45, 7) is 1.97. The third-order valence-corrected chi connectivity index (χ3v) is 2.58. The van der Waals surface area contributed by atoms with E-state index < -0.39 is 0 Å². The third kappa shape index (κ3) is 3.01.